The Labute approximate surface area is 135 Å². The van der Waals surface area contributed by atoms with Gasteiger partial charge in [0.1, 0.15) is 10.6 Å². The lowest BCUT2D eigenvalue weighted by molar-refractivity contribution is -0.122. The van der Waals surface area contributed by atoms with Crippen molar-refractivity contribution >= 4 is 15.9 Å². The SMILES string of the molecule is Cc1noc(C)c1S(=O)(=O)N1CCN(CC(=O)NC2CC2)CC1. The number of carbonyl (C=O) groups excluding carboxylic acids is 1. The van der Waals surface area contributed by atoms with Crippen molar-refractivity contribution < 1.29 is 17.7 Å². The monoisotopic (exact) mass is 342 g/mol. The van der Waals surface area contributed by atoms with Gasteiger partial charge >= 0.3 is 0 Å². The second kappa shape index (κ2) is 6.21. The van der Waals surface area contributed by atoms with Gasteiger partial charge < -0.3 is 9.84 Å². The van der Waals surface area contributed by atoms with Gasteiger partial charge in [0.15, 0.2) is 5.76 Å². The summed E-state index contributed by atoms with van der Waals surface area (Å²) in [5.41, 5.74) is 0.383. The summed E-state index contributed by atoms with van der Waals surface area (Å²) in [6.45, 7) is 5.37. The van der Waals surface area contributed by atoms with Crippen molar-refractivity contribution in [3.8, 4) is 0 Å². The first-order chi connectivity index (χ1) is 10.9. The fourth-order valence-corrected chi connectivity index (χ4v) is 4.52. The number of nitrogens with zero attached hydrogens (tertiary/aromatic N) is 3. The molecule has 1 aromatic rings. The van der Waals surface area contributed by atoms with Crippen molar-refractivity contribution in [2.24, 2.45) is 0 Å². The number of sulfonamides is 1. The van der Waals surface area contributed by atoms with E-state index in [9.17, 15) is 13.2 Å². The molecule has 0 atom stereocenters. The predicted octanol–water partition coefficient (Wildman–Crippen LogP) is -0.124. The Morgan fingerprint density at radius 2 is 1.91 bits per heavy atom. The molecule has 0 radical (unpaired) electrons. The molecular formula is C14H22N4O4S. The van der Waals surface area contributed by atoms with Crippen molar-refractivity contribution in [3.05, 3.63) is 11.5 Å². The maximum absolute atomic E-state index is 12.7. The zero-order chi connectivity index (χ0) is 16.6. The lowest BCUT2D eigenvalue weighted by Crippen LogP contribution is -2.51. The summed E-state index contributed by atoms with van der Waals surface area (Å²) in [6.07, 6.45) is 2.13. The maximum atomic E-state index is 12.7. The maximum Gasteiger partial charge on any atom is 0.248 e. The Kier molecular flexibility index (Phi) is 4.43. The number of aryl methyl sites for hydroxylation is 2. The lowest BCUT2D eigenvalue weighted by Gasteiger charge is -2.33. The van der Waals surface area contributed by atoms with Crippen LogP contribution in [0.1, 0.15) is 24.3 Å². The molecule has 2 aliphatic rings. The first kappa shape index (κ1) is 16.4. The molecule has 0 unspecified atom stereocenters. The van der Waals surface area contributed by atoms with Gasteiger partial charge in [0.2, 0.25) is 15.9 Å². The van der Waals surface area contributed by atoms with Crippen LogP contribution in [0.5, 0.6) is 0 Å². The van der Waals surface area contributed by atoms with Crippen molar-refractivity contribution in [3.63, 3.8) is 0 Å². The van der Waals surface area contributed by atoms with E-state index in [-0.39, 0.29) is 10.8 Å². The van der Waals surface area contributed by atoms with E-state index in [0.717, 1.165) is 12.8 Å². The molecule has 3 rings (SSSR count). The third-order valence-electron chi connectivity index (χ3n) is 4.21. The summed E-state index contributed by atoms with van der Waals surface area (Å²) in [7, 11) is -3.59. The molecule has 2 fully saturated rings. The first-order valence-electron chi connectivity index (χ1n) is 7.82. The molecule has 1 saturated carbocycles. The van der Waals surface area contributed by atoms with Crippen LogP contribution in [-0.2, 0) is 14.8 Å². The van der Waals surface area contributed by atoms with Gasteiger partial charge in [0.25, 0.3) is 0 Å². The van der Waals surface area contributed by atoms with Gasteiger partial charge in [0, 0.05) is 32.2 Å². The summed E-state index contributed by atoms with van der Waals surface area (Å²) in [4.78, 5) is 14.0. The van der Waals surface area contributed by atoms with Crippen LogP contribution in [-0.4, -0.2) is 67.5 Å². The van der Waals surface area contributed by atoms with Crippen LogP contribution in [0.3, 0.4) is 0 Å². The number of amides is 1. The molecule has 1 saturated heterocycles. The van der Waals surface area contributed by atoms with Crippen LogP contribution < -0.4 is 5.32 Å². The van der Waals surface area contributed by atoms with Crippen molar-refractivity contribution in [2.75, 3.05) is 32.7 Å². The average Bonchev–Trinajstić information content (AvgIpc) is 3.22. The number of rotatable bonds is 5. The Hall–Kier alpha value is -1.45. The largest absolute Gasteiger partial charge is 0.360 e. The van der Waals surface area contributed by atoms with Gasteiger partial charge in [-0.15, -0.1) is 0 Å². The minimum Gasteiger partial charge on any atom is -0.360 e. The van der Waals surface area contributed by atoms with Gasteiger partial charge in [-0.1, -0.05) is 5.16 Å². The van der Waals surface area contributed by atoms with Crippen LogP contribution >= 0.6 is 0 Å². The van der Waals surface area contributed by atoms with Gasteiger partial charge in [-0.2, -0.15) is 4.31 Å². The minimum absolute atomic E-state index is 0.0227. The van der Waals surface area contributed by atoms with Crippen molar-refractivity contribution in [2.45, 2.75) is 37.6 Å². The lowest BCUT2D eigenvalue weighted by atomic mass is 10.3. The molecule has 0 aromatic carbocycles. The third kappa shape index (κ3) is 3.56. The Morgan fingerprint density at radius 1 is 1.26 bits per heavy atom. The molecule has 1 aliphatic heterocycles. The highest BCUT2D eigenvalue weighted by Crippen LogP contribution is 2.24. The number of hydrogen-bond acceptors (Lipinski definition) is 6. The van der Waals surface area contributed by atoms with Crippen LogP contribution in [0.4, 0.5) is 0 Å². The highest BCUT2D eigenvalue weighted by molar-refractivity contribution is 7.89. The summed E-state index contributed by atoms with van der Waals surface area (Å²) >= 11 is 0. The molecule has 9 heteroatoms. The van der Waals surface area contributed by atoms with E-state index in [4.69, 9.17) is 4.52 Å². The van der Waals surface area contributed by atoms with Crippen LogP contribution in [0, 0.1) is 13.8 Å². The zero-order valence-electron chi connectivity index (χ0n) is 13.4. The number of nitrogens with one attached hydrogen (secondary N) is 1. The molecule has 1 N–H and O–H groups in total. The van der Waals surface area contributed by atoms with E-state index >= 15 is 0 Å². The minimum atomic E-state index is -3.59. The second-order valence-corrected chi connectivity index (χ2v) is 8.05. The Bertz CT molecular complexity index is 668. The van der Waals surface area contributed by atoms with Gasteiger partial charge in [0.05, 0.1) is 6.54 Å². The van der Waals surface area contributed by atoms with E-state index in [1.165, 1.54) is 4.31 Å². The van der Waals surface area contributed by atoms with Crippen LogP contribution in [0.15, 0.2) is 9.42 Å². The summed E-state index contributed by atoms with van der Waals surface area (Å²) in [5, 5.41) is 6.67. The normalized spacial score (nSPS) is 20.6. The third-order valence-corrected chi connectivity index (χ3v) is 6.35. The van der Waals surface area contributed by atoms with E-state index in [1.54, 1.807) is 13.8 Å². The van der Waals surface area contributed by atoms with Crippen molar-refractivity contribution in [1.29, 1.82) is 0 Å². The number of piperazine rings is 1. The fourth-order valence-electron chi connectivity index (χ4n) is 2.80. The van der Waals surface area contributed by atoms with E-state index in [2.05, 4.69) is 10.5 Å². The number of aromatic nitrogens is 1. The highest BCUT2D eigenvalue weighted by atomic mass is 32.2. The van der Waals surface area contributed by atoms with Gasteiger partial charge in [-0.25, -0.2) is 8.42 Å². The summed E-state index contributed by atoms with van der Waals surface area (Å²) < 4.78 is 31.8. The zero-order valence-corrected chi connectivity index (χ0v) is 14.2. The molecule has 128 valence electrons. The Morgan fingerprint density at radius 3 is 2.43 bits per heavy atom. The highest BCUT2D eigenvalue weighted by Gasteiger charge is 2.33. The van der Waals surface area contributed by atoms with E-state index in [1.807, 2.05) is 4.90 Å². The topological polar surface area (TPSA) is 95.8 Å². The molecule has 1 aliphatic carbocycles. The molecule has 23 heavy (non-hydrogen) atoms. The molecule has 0 bridgehead atoms. The standard InChI is InChI=1S/C14H22N4O4S/c1-10-14(11(2)22-16-10)23(20,21)18-7-5-17(6-8-18)9-13(19)15-12-3-4-12/h12H,3-9H2,1-2H3,(H,15,19). The second-order valence-electron chi connectivity index (χ2n) is 6.18. The molecular weight excluding hydrogens is 320 g/mol. The van der Waals surface area contributed by atoms with Gasteiger partial charge in [-0.05, 0) is 26.7 Å². The van der Waals surface area contributed by atoms with E-state index < -0.39 is 10.0 Å². The number of hydrogen-bond donors (Lipinski definition) is 1. The van der Waals surface area contributed by atoms with Crippen molar-refractivity contribution in [1.82, 2.24) is 19.7 Å². The molecule has 1 aromatic heterocycles. The molecule has 1 amide bonds. The summed E-state index contributed by atoms with van der Waals surface area (Å²) in [6, 6.07) is 0.351. The number of carbonyl (C=O) groups is 1. The molecule has 2 heterocycles. The Balaban J connectivity index is 1.58. The van der Waals surface area contributed by atoms with E-state index in [0.29, 0.717) is 50.2 Å². The van der Waals surface area contributed by atoms with Crippen LogP contribution in [0.2, 0.25) is 0 Å². The predicted molar refractivity (Wildman–Crippen MR) is 82.3 cm³/mol. The average molecular weight is 342 g/mol. The first-order valence-corrected chi connectivity index (χ1v) is 9.26. The summed E-state index contributed by atoms with van der Waals surface area (Å²) in [5.74, 6) is 0.336. The molecule has 0 spiro atoms. The molecule has 8 nitrogen and oxygen atoms in total. The fraction of sp³-hybridized carbons (Fsp3) is 0.714. The smallest absolute Gasteiger partial charge is 0.248 e. The quantitative estimate of drug-likeness (QED) is 0.801. The van der Waals surface area contributed by atoms with Gasteiger partial charge in [-0.3, -0.25) is 9.69 Å². The van der Waals surface area contributed by atoms with Crippen LogP contribution in [0.25, 0.3) is 0 Å².